The highest BCUT2D eigenvalue weighted by atomic mass is 35.5. The van der Waals surface area contributed by atoms with Crippen LogP contribution in [0, 0.1) is 0 Å². The van der Waals surface area contributed by atoms with E-state index in [4.69, 9.17) is 17.4 Å². The Balaban J connectivity index is 4.17. The molecule has 3 N–H and O–H groups in total. The van der Waals surface area contributed by atoms with Gasteiger partial charge in [-0.3, -0.25) is 5.84 Å². The lowest BCUT2D eigenvalue weighted by molar-refractivity contribution is 0.966. The lowest BCUT2D eigenvalue weighted by Crippen LogP contribution is -2.12. The molecule has 3 heteroatoms. The molecule has 56 valence electrons. The first-order valence-corrected chi connectivity index (χ1v) is 3.21. The average molecular weight is 159 g/mol. The summed E-state index contributed by atoms with van der Waals surface area (Å²) in [6, 6.07) is 0. The summed E-state index contributed by atoms with van der Waals surface area (Å²) in [6.07, 6.45) is 4.95. The molecule has 0 aliphatic rings. The van der Waals surface area contributed by atoms with Crippen molar-refractivity contribution in [2.75, 3.05) is 0 Å². The number of nitrogens with two attached hydrogens (primary N) is 1. The maximum absolute atomic E-state index is 5.69. The molecule has 0 heterocycles. The Bertz CT molecular complexity index is 170. The first-order valence-electron chi connectivity index (χ1n) is 2.84. The van der Waals surface area contributed by atoms with Crippen LogP contribution in [0.1, 0.15) is 6.92 Å². The highest BCUT2D eigenvalue weighted by Gasteiger charge is 1.87. The Hall–Kier alpha value is -0.730. The molecule has 0 unspecified atom stereocenters. The topological polar surface area (TPSA) is 38.0 Å². The van der Waals surface area contributed by atoms with Gasteiger partial charge in [-0.25, -0.2) is 0 Å². The van der Waals surface area contributed by atoms with Gasteiger partial charge in [0.2, 0.25) is 0 Å². The molecule has 0 aliphatic heterocycles. The third-order valence-electron chi connectivity index (χ3n) is 0.985. The van der Waals surface area contributed by atoms with Crippen molar-refractivity contribution in [1.82, 2.24) is 5.43 Å². The molecule has 0 aromatic heterocycles. The molecular formula is C7H11ClN2. The van der Waals surface area contributed by atoms with Crippen LogP contribution in [0.15, 0.2) is 35.5 Å². The van der Waals surface area contributed by atoms with Crippen molar-refractivity contribution in [2.45, 2.75) is 6.92 Å². The molecule has 0 rings (SSSR count). The van der Waals surface area contributed by atoms with Crippen LogP contribution in [-0.4, -0.2) is 0 Å². The minimum Gasteiger partial charge on any atom is -0.331 e. The quantitative estimate of drug-likeness (QED) is 0.373. The Labute approximate surface area is 66.0 Å². The summed E-state index contributed by atoms with van der Waals surface area (Å²) in [7, 11) is 0. The molecule has 0 amide bonds. The number of hydrogen-bond acceptors (Lipinski definition) is 2. The summed E-state index contributed by atoms with van der Waals surface area (Å²) in [5, 5.41) is 0.631. The van der Waals surface area contributed by atoms with Crippen LogP contribution in [-0.2, 0) is 0 Å². The summed E-state index contributed by atoms with van der Waals surface area (Å²) >= 11 is 5.69. The molecule has 0 aliphatic carbocycles. The summed E-state index contributed by atoms with van der Waals surface area (Å²) in [5.74, 6) is 4.99. The van der Waals surface area contributed by atoms with Crippen LogP contribution < -0.4 is 11.3 Å². The Morgan fingerprint density at radius 3 is 2.70 bits per heavy atom. The van der Waals surface area contributed by atoms with Gasteiger partial charge in [0, 0.05) is 11.2 Å². The van der Waals surface area contributed by atoms with E-state index in [1.165, 1.54) is 0 Å². The lowest BCUT2D eigenvalue weighted by Gasteiger charge is -1.92. The summed E-state index contributed by atoms with van der Waals surface area (Å²) in [5.41, 5.74) is 3.30. The predicted molar refractivity (Wildman–Crippen MR) is 45.2 cm³/mol. The Kier molecular flexibility index (Phi) is 4.72. The average Bonchev–Trinajstić information content (AvgIpc) is 1.98. The van der Waals surface area contributed by atoms with Crippen molar-refractivity contribution >= 4 is 11.6 Å². The first-order chi connectivity index (χ1) is 4.72. The van der Waals surface area contributed by atoms with Crippen molar-refractivity contribution in [3.8, 4) is 0 Å². The number of hydrogen-bond donors (Lipinski definition) is 2. The van der Waals surface area contributed by atoms with Gasteiger partial charge in [-0.1, -0.05) is 24.3 Å². The standard InChI is InChI=1S/C7H11ClN2/c1-3-7(8)6(2)4-5-10-9/h3-5,10H,1,9H2,2H3/b5-4+,7-6-. The van der Waals surface area contributed by atoms with Crippen molar-refractivity contribution in [3.63, 3.8) is 0 Å². The second kappa shape index (κ2) is 5.09. The van der Waals surface area contributed by atoms with Crippen LogP contribution in [0.25, 0.3) is 0 Å². The molecule has 0 fully saturated rings. The Morgan fingerprint density at radius 1 is 1.70 bits per heavy atom. The van der Waals surface area contributed by atoms with Gasteiger partial charge in [0.15, 0.2) is 0 Å². The fourth-order valence-corrected chi connectivity index (χ4v) is 0.477. The third-order valence-corrected chi connectivity index (χ3v) is 1.44. The number of rotatable bonds is 3. The van der Waals surface area contributed by atoms with Crippen LogP contribution in [0.2, 0.25) is 0 Å². The van der Waals surface area contributed by atoms with E-state index in [-0.39, 0.29) is 0 Å². The molecule has 0 radical (unpaired) electrons. The molecule has 0 bridgehead atoms. The molecule has 10 heavy (non-hydrogen) atoms. The third kappa shape index (κ3) is 3.33. The zero-order valence-corrected chi connectivity index (χ0v) is 6.65. The van der Waals surface area contributed by atoms with Gasteiger partial charge in [-0.15, -0.1) is 0 Å². The van der Waals surface area contributed by atoms with Crippen LogP contribution in [0.4, 0.5) is 0 Å². The zero-order valence-electron chi connectivity index (χ0n) is 5.89. The van der Waals surface area contributed by atoms with Crippen LogP contribution in [0.3, 0.4) is 0 Å². The zero-order chi connectivity index (χ0) is 7.98. The van der Waals surface area contributed by atoms with E-state index in [1.807, 2.05) is 6.92 Å². The SMILES string of the molecule is C=C/C(Cl)=C(C)/C=C/NN. The molecule has 2 nitrogen and oxygen atoms in total. The van der Waals surface area contributed by atoms with Gasteiger partial charge < -0.3 is 5.43 Å². The first kappa shape index (κ1) is 9.27. The van der Waals surface area contributed by atoms with Gasteiger partial charge in [0.25, 0.3) is 0 Å². The summed E-state index contributed by atoms with van der Waals surface area (Å²) < 4.78 is 0. The van der Waals surface area contributed by atoms with Crippen molar-refractivity contribution in [1.29, 1.82) is 0 Å². The molecule has 0 spiro atoms. The van der Waals surface area contributed by atoms with E-state index >= 15 is 0 Å². The second-order valence-corrected chi connectivity index (χ2v) is 2.14. The number of nitrogens with one attached hydrogen (secondary N) is 1. The van der Waals surface area contributed by atoms with E-state index in [2.05, 4.69) is 12.0 Å². The van der Waals surface area contributed by atoms with Gasteiger partial charge in [-0.05, 0) is 18.6 Å². The maximum Gasteiger partial charge on any atom is 0.0429 e. The van der Waals surface area contributed by atoms with Gasteiger partial charge in [0.05, 0.1) is 0 Å². The monoisotopic (exact) mass is 158 g/mol. The van der Waals surface area contributed by atoms with Gasteiger partial charge >= 0.3 is 0 Å². The van der Waals surface area contributed by atoms with Crippen molar-refractivity contribution in [3.05, 3.63) is 35.5 Å². The van der Waals surface area contributed by atoms with Gasteiger partial charge in [0.1, 0.15) is 0 Å². The van der Waals surface area contributed by atoms with Crippen LogP contribution >= 0.6 is 11.6 Å². The largest absolute Gasteiger partial charge is 0.331 e. The maximum atomic E-state index is 5.69. The fourth-order valence-electron chi connectivity index (χ4n) is 0.414. The molecule has 0 atom stereocenters. The fraction of sp³-hybridized carbons (Fsp3) is 0.143. The van der Waals surface area contributed by atoms with Crippen molar-refractivity contribution in [2.24, 2.45) is 5.84 Å². The minimum atomic E-state index is 0.631. The molecule has 0 aromatic rings. The second-order valence-electron chi connectivity index (χ2n) is 1.74. The normalized spacial score (nSPS) is 13.1. The van der Waals surface area contributed by atoms with E-state index in [1.54, 1.807) is 18.4 Å². The predicted octanol–water partition coefficient (Wildman–Crippen LogP) is 1.66. The molecular weight excluding hydrogens is 148 g/mol. The minimum absolute atomic E-state index is 0.631. The molecule has 0 saturated heterocycles. The van der Waals surface area contributed by atoms with Crippen molar-refractivity contribution < 1.29 is 0 Å². The van der Waals surface area contributed by atoms with Crippen LogP contribution in [0.5, 0.6) is 0 Å². The number of allylic oxidation sites excluding steroid dienone is 4. The summed E-state index contributed by atoms with van der Waals surface area (Å²) in [4.78, 5) is 0. The van der Waals surface area contributed by atoms with E-state index < -0.39 is 0 Å². The number of halogens is 1. The van der Waals surface area contributed by atoms with E-state index in [9.17, 15) is 0 Å². The smallest absolute Gasteiger partial charge is 0.0429 e. The lowest BCUT2D eigenvalue weighted by atomic mass is 10.3. The highest BCUT2D eigenvalue weighted by molar-refractivity contribution is 6.31. The van der Waals surface area contributed by atoms with E-state index in [0.29, 0.717) is 5.03 Å². The highest BCUT2D eigenvalue weighted by Crippen LogP contribution is 2.09. The molecule has 0 saturated carbocycles. The van der Waals surface area contributed by atoms with Gasteiger partial charge in [-0.2, -0.15) is 0 Å². The number of hydrazine groups is 1. The van der Waals surface area contributed by atoms with E-state index in [0.717, 1.165) is 5.57 Å². The Morgan fingerprint density at radius 2 is 2.30 bits per heavy atom. The molecule has 0 aromatic carbocycles. The summed E-state index contributed by atoms with van der Waals surface area (Å²) in [6.45, 7) is 5.39.